The van der Waals surface area contributed by atoms with Gasteiger partial charge in [-0.2, -0.15) is 0 Å². The lowest BCUT2D eigenvalue weighted by Crippen LogP contribution is -2.30. The first-order chi connectivity index (χ1) is 10.1. The molecule has 0 aliphatic heterocycles. The second kappa shape index (κ2) is 7.23. The molecule has 0 aliphatic rings. The molecule has 0 radical (unpaired) electrons. The van der Waals surface area contributed by atoms with Crippen molar-refractivity contribution in [1.82, 2.24) is 14.5 Å². The van der Waals surface area contributed by atoms with Crippen molar-refractivity contribution in [2.24, 2.45) is 0 Å². The molecule has 3 nitrogen and oxygen atoms in total. The summed E-state index contributed by atoms with van der Waals surface area (Å²) in [4.78, 5) is 6.98. The van der Waals surface area contributed by atoms with Crippen LogP contribution in [0.5, 0.6) is 0 Å². The van der Waals surface area contributed by atoms with Crippen LogP contribution >= 0.6 is 11.6 Å². The molecule has 2 rings (SSSR count). The zero-order chi connectivity index (χ0) is 15.4. The van der Waals surface area contributed by atoms with Gasteiger partial charge in [-0.15, -0.1) is 11.6 Å². The molecule has 0 aliphatic carbocycles. The summed E-state index contributed by atoms with van der Waals surface area (Å²) in [6, 6.07) is 5.00. The smallest absolute Gasteiger partial charge is 0.125 e. The molecule has 1 atom stereocenters. The number of fused-ring (bicyclic) bond motifs is 1. The Hall–Kier alpha value is -1.13. The van der Waals surface area contributed by atoms with Gasteiger partial charge >= 0.3 is 0 Å². The highest BCUT2D eigenvalue weighted by molar-refractivity contribution is 6.17. The summed E-state index contributed by atoms with van der Waals surface area (Å²) in [5.41, 5.74) is 1.69. The highest BCUT2D eigenvalue weighted by Gasteiger charge is 2.17. The van der Waals surface area contributed by atoms with Gasteiger partial charge in [0.2, 0.25) is 0 Å². The molecule has 1 heterocycles. The Morgan fingerprint density at radius 1 is 1.33 bits per heavy atom. The van der Waals surface area contributed by atoms with Gasteiger partial charge in [0.25, 0.3) is 0 Å². The van der Waals surface area contributed by atoms with Crippen LogP contribution in [0, 0.1) is 5.82 Å². The number of halogens is 2. The van der Waals surface area contributed by atoms with E-state index in [1.165, 1.54) is 6.07 Å². The van der Waals surface area contributed by atoms with Gasteiger partial charge < -0.3 is 9.47 Å². The van der Waals surface area contributed by atoms with Crippen LogP contribution in [0.2, 0.25) is 0 Å². The van der Waals surface area contributed by atoms with Gasteiger partial charge in [0.15, 0.2) is 0 Å². The van der Waals surface area contributed by atoms with E-state index in [9.17, 15) is 4.39 Å². The number of aryl methyl sites for hydroxylation is 1. The third kappa shape index (κ3) is 3.55. The minimum absolute atomic E-state index is 0.226. The molecule has 0 saturated carbocycles. The van der Waals surface area contributed by atoms with Crippen LogP contribution in [0.15, 0.2) is 18.2 Å². The molecule has 1 aromatic carbocycles. The number of benzene rings is 1. The van der Waals surface area contributed by atoms with E-state index in [-0.39, 0.29) is 11.9 Å². The van der Waals surface area contributed by atoms with Crippen molar-refractivity contribution in [3.05, 3.63) is 29.8 Å². The number of likely N-dealkylation sites (N-methyl/N-ethyl adjacent to an activating group) is 1. The van der Waals surface area contributed by atoms with Gasteiger partial charge in [-0.3, -0.25) is 0 Å². The largest absolute Gasteiger partial charge is 0.324 e. The Morgan fingerprint density at radius 3 is 2.67 bits per heavy atom. The second-order valence-electron chi connectivity index (χ2n) is 5.30. The van der Waals surface area contributed by atoms with E-state index in [1.807, 2.05) is 0 Å². The summed E-state index contributed by atoms with van der Waals surface area (Å²) in [6.07, 6.45) is 0.695. The molecule has 0 spiro atoms. The summed E-state index contributed by atoms with van der Waals surface area (Å²) in [7, 11) is 0. The molecule has 116 valence electrons. The Bertz CT molecular complexity index is 592. The first kappa shape index (κ1) is 16.2. The average Bonchev–Trinajstić information content (AvgIpc) is 2.82. The van der Waals surface area contributed by atoms with Crippen LogP contribution in [0.4, 0.5) is 4.39 Å². The van der Waals surface area contributed by atoms with Crippen molar-refractivity contribution < 1.29 is 4.39 Å². The standard InChI is InChI=1S/C16H23ClFN3/c1-4-20(5-2)11-12(3)21-15-10-13(18)6-7-14(15)19-16(21)8-9-17/h6-7,10,12H,4-5,8-9,11H2,1-3H3. The normalized spacial score (nSPS) is 13.2. The number of hydrogen-bond acceptors (Lipinski definition) is 2. The molecule has 5 heteroatoms. The number of alkyl halides is 1. The molecule has 2 aromatic rings. The van der Waals surface area contributed by atoms with Crippen LogP contribution in [0.25, 0.3) is 11.0 Å². The predicted molar refractivity (Wildman–Crippen MR) is 86.6 cm³/mol. The lowest BCUT2D eigenvalue weighted by atomic mass is 10.2. The van der Waals surface area contributed by atoms with Gasteiger partial charge in [-0.1, -0.05) is 13.8 Å². The summed E-state index contributed by atoms with van der Waals surface area (Å²) < 4.78 is 15.7. The number of hydrogen-bond donors (Lipinski definition) is 0. The molecule has 0 fully saturated rings. The van der Waals surface area contributed by atoms with E-state index in [2.05, 4.69) is 35.2 Å². The maximum Gasteiger partial charge on any atom is 0.125 e. The van der Waals surface area contributed by atoms with Crippen LogP contribution in [-0.4, -0.2) is 40.0 Å². The molecule has 0 N–H and O–H groups in total. The quantitative estimate of drug-likeness (QED) is 0.724. The van der Waals surface area contributed by atoms with Crippen molar-refractivity contribution in [3.8, 4) is 0 Å². The number of aromatic nitrogens is 2. The third-order valence-corrected chi connectivity index (χ3v) is 4.09. The van der Waals surface area contributed by atoms with Gasteiger partial charge in [-0.05, 0) is 38.2 Å². The van der Waals surface area contributed by atoms with Crippen molar-refractivity contribution in [2.45, 2.75) is 33.2 Å². The van der Waals surface area contributed by atoms with Crippen molar-refractivity contribution in [3.63, 3.8) is 0 Å². The fourth-order valence-electron chi connectivity index (χ4n) is 2.81. The van der Waals surface area contributed by atoms with Gasteiger partial charge in [0.1, 0.15) is 11.6 Å². The SMILES string of the molecule is CCN(CC)CC(C)n1c(CCCl)nc2ccc(F)cc21. The molecule has 0 amide bonds. The summed E-state index contributed by atoms with van der Waals surface area (Å²) in [5, 5.41) is 0. The third-order valence-electron chi connectivity index (χ3n) is 3.90. The van der Waals surface area contributed by atoms with Crippen molar-refractivity contribution in [1.29, 1.82) is 0 Å². The summed E-state index contributed by atoms with van der Waals surface area (Å²) in [5.74, 6) is 1.23. The summed E-state index contributed by atoms with van der Waals surface area (Å²) >= 11 is 5.89. The first-order valence-corrected chi connectivity index (χ1v) is 8.08. The predicted octanol–water partition coefficient (Wildman–Crippen LogP) is 3.86. The first-order valence-electron chi connectivity index (χ1n) is 7.55. The monoisotopic (exact) mass is 311 g/mol. The van der Waals surface area contributed by atoms with Gasteiger partial charge in [0.05, 0.1) is 11.0 Å². The second-order valence-corrected chi connectivity index (χ2v) is 5.68. The Balaban J connectivity index is 2.43. The zero-order valence-electron chi connectivity index (χ0n) is 12.9. The number of imidazole rings is 1. The van der Waals surface area contributed by atoms with E-state index >= 15 is 0 Å². The fraction of sp³-hybridized carbons (Fsp3) is 0.562. The van der Waals surface area contributed by atoms with E-state index in [1.54, 1.807) is 12.1 Å². The Labute approximate surface area is 130 Å². The lowest BCUT2D eigenvalue weighted by Gasteiger charge is -2.25. The highest BCUT2D eigenvalue weighted by Crippen LogP contribution is 2.23. The molecule has 1 unspecified atom stereocenters. The topological polar surface area (TPSA) is 21.1 Å². The Morgan fingerprint density at radius 2 is 2.05 bits per heavy atom. The zero-order valence-corrected chi connectivity index (χ0v) is 13.7. The summed E-state index contributed by atoms with van der Waals surface area (Å²) in [6.45, 7) is 9.40. The molecule has 1 aromatic heterocycles. The lowest BCUT2D eigenvalue weighted by molar-refractivity contribution is 0.261. The molecule has 0 bridgehead atoms. The van der Waals surface area contributed by atoms with Crippen LogP contribution in [0.1, 0.15) is 32.6 Å². The average molecular weight is 312 g/mol. The van der Waals surface area contributed by atoms with E-state index in [0.717, 1.165) is 36.5 Å². The molecule has 0 saturated heterocycles. The maximum atomic E-state index is 13.6. The maximum absolute atomic E-state index is 13.6. The van der Waals surface area contributed by atoms with E-state index in [0.29, 0.717) is 12.3 Å². The molecular weight excluding hydrogens is 289 g/mol. The van der Waals surface area contributed by atoms with E-state index in [4.69, 9.17) is 11.6 Å². The van der Waals surface area contributed by atoms with Crippen LogP contribution in [-0.2, 0) is 6.42 Å². The molecular formula is C16H23ClFN3. The fourth-order valence-corrected chi connectivity index (χ4v) is 2.97. The molecule has 21 heavy (non-hydrogen) atoms. The Kier molecular flexibility index (Phi) is 5.59. The number of nitrogens with zero attached hydrogens (tertiary/aromatic N) is 3. The highest BCUT2D eigenvalue weighted by atomic mass is 35.5. The minimum atomic E-state index is -0.226. The van der Waals surface area contributed by atoms with Crippen LogP contribution < -0.4 is 0 Å². The minimum Gasteiger partial charge on any atom is -0.324 e. The van der Waals surface area contributed by atoms with Gasteiger partial charge in [-0.25, -0.2) is 9.37 Å². The van der Waals surface area contributed by atoms with Crippen LogP contribution in [0.3, 0.4) is 0 Å². The van der Waals surface area contributed by atoms with Crippen molar-refractivity contribution in [2.75, 3.05) is 25.5 Å². The van der Waals surface area contributed by atoms with Crippen molar-refractivity contribution >= 4 is 22.6 Å². The van der Waals surface area contributed by atoms with E-state index < -0.39 is 0 Å². The van der Waals surface area contributed by atoms with Gasteiger partial charge in [0, 0.05) is 24.9 Å². The number of rotatable bonds is 7.